The van der Waals surface area contributed by atoms with E-state index >= 15 is 0 Å². The monoisotopic (exact) mass is 801 g/mol. The van der Waals surface area contributed by atoms with Crippen LogP contribution >= 0.6 is 7.82 Å². The molecule has 0 bridgehead atoms. The minimum Gasteiger partial charge on any atom is -0.462 e. The Bertz CT molecular complexity index is 1300. The van der Waals surface area contributed by atoms with Crippen LogP contribution in [0.1, 0.15) is 123 Å². The van der Waals surface area contributed by atoms with Crippen molar-refractivity contribution in [3.05, 3.63) is 109 Å². The molecular weight excluding hydrogens is 729 g/mol. The number of unbranched alkanes of at least 4 members (excludes halogenated alkanes) is 4. The minimum absolute atomic E-state index is 0.00940. The molecule has 0 aliphatic rings. The fourth-order valence-corrected chi connectivity index (χ4v) is 5.48. The van der Waals surface area contributed by atoms with Gasteiger partial charge in [-0.1, -0.05) is 136 Å². The van der Waals surface area contributed by atoms with E-state index in [-0.39, 0.29) is 32.6 Å². The molecule has 0 amide bonds. The van der Waals surface area contributed by atoms with E-state index < -0.39 is 38.6 Å². The van der Waals surface area contributed by atoms with Crippen molar-refractivity contribution in [2.75, 3.05) is 26.4 Å². The molecule has 0 saturated carbocycles. The van der Waals surface area contributed by atoms with Crippen molar-refractivity contribution in [1.29, 1.82) is 0 Å². The van der Waals surface area contributed by atoms with E-state index in [9.17, 15) is 24.2 Å². The molecule has 2 unspecified atom stereocenters. The van der Waals surface area contributed by atoms with Crippen molar-refractivity contribution in [2.24, 2.45) is 5.73 Å². The summed E-state index contributed by atoms with van der Waals surface area (Å²) < 4.78 is 32.5. The van der Waals surface area contributed by atoms with Crippen LogP contribution < -0.4 is 5.73 Å². The molecular formula is C45H72NO9P. The van der Waals surface area contributed by atoms with Crippen molar-refractivity contribution in [3.8, 4) is 0 Å². The summed E-state index contributed by atoms with van der Waals surface area (Å²) in [6.07, 6.45) is 48.7. The molecule has 0 aromatic heterocycles. The fraction of sp³-hybridized carbons (Fsp3) is 0.556. The largest absolute Gasteiger partial charge is 0.472 e. The Hall–Kier alpha value is -3.37. The summed E-state index contributed by atoms with van der Waals surface area (Å²) in [4.78, 5) is 34.8. The number of carbonyl (C=O) groups is 2. The van der Waals surface area contributed by atoms with Gasteiger partial charge in [0.15, 0.2) is 6.10 Å². The highest BCUT2D eigenvalue weighted by molar-refractivity contribution is 7.47. The fourth-order valence-electron chi connectivity index (χ4n) is 4.71. The number of carbonyl (C=O) groups excluding carboxylic acids is 2. The Balaban J connectivity index is 4.52. The highest BCUT2D eigenvalue weighted by Gasteiger charge is 2.26. The zero-order valence-corrected chi connectivity index (χ0v) is 35.1. The molecule has 0 spiro atoms. The summed E-state index contributed by atoms with van der Waals surface area (Å²) >= 11 is 0. The molecule has 56 heavy (non-hydrogen) atoms. The molecule has 11 heteroatoms. The average Bonchev–Trinajstić information content (AvgIpc) is 3.18. The number of rotatable bonds is 36. The third-order valence-corrected chi connectivity index (χ3v) is 8.73. The zero-order chi connectivity index (χ0) is 41.2. The van der Waals surface area contributed by atoms with Crippen LogP contribution in [0.3, 0.4) is 0 Å². The van der Waals surface area contributed by atoms with Crippen LogP contribution in [0.4, 0.5) is 0 Å². The van der Waals surface area contributed by atoms with Gasteiger partial charge >= 0.3 is 19.8 Å². The van der Waals surface area contributed by atoms with Gasteiger partial charge in [0.1, 0.15) is 6.61 Å². The van der Waals surface area contributed by atoms with Crippen molar-refractivity contribution in [1.82, 2.24) is 0 Å². The number of hydrogen-bond acceptors (Lipinski definition) is 9. The maximum atomic E-state index is 12.6. The first kappa shape index (κ1) is 52.6. The molecule has 0 radical (unpaired) electrons. The van der Waals surface area contributed by atoms with E-state index in [2.05, 4.69) is 92.8 Å². The quantitative estimate of drug-likeness (QED) is 0.0183. The van der Waals surface area contributed by atoms with Crippen LogP contribution in [0.25, 0.3) is 0 Å². The van der Waals surface area contributed by atoms with Gasteiger partial charge in [-0.05, 0) is 83.5 Å². The first-order valence-corrected chi connectivity index (χ1v) is 22.0. The van der Waals surface area contributed by atoms with Crippen molar-refractivity contribution in [3.63, 3.8) is 0 Å². The van der Waals surface area contributed by atoms with Crippen LogP contribution in [-0.2, 0) is 32.7 Å². The summed E-state index contributed by atoms with van der Waals surface area (Å²) in [5.74, 6) is -1.11. The third-order valence-electron chi connectivity index (χ3n) is 7.75. The third kappa shape index (κ3) is 38.9. The summed E-state index contributed by atoms with van der Waals surface area (Å²) in [6, 6.07) is 0. The summed E-state index contributed by atoms with van der Waals surface area (Å²) in [7, 11) is -4.45. The van der Waals surface area contributed by atoms with E-state index in [1.807, 2.05) is 18.2 Å². The molecule has 0 heterocycles. The SMILES string of the molecule is CC/C=C\C/C=C\C/C=C\C/C=C\C=C\C(O)CCCC(=O)O[C@H](COC(=O)CCC/C=C\C/C=C\C/C=C\C/C=C\CCCCC)COP(=O)(O)OCCN. The van der Waals surface area contributed by atoms with Crippen molar-refractivity contribution >= 4 is 19.8 Å². The van der Waals surface area contributed by atoms with E-state index in [1.165, 1.54) is 19.3 Å². The molecule has 0 rings (SSSR count). The summed E-state index contributed by atoms with van der Waals surface area (Å²) in [6.45, 7) is 3.26. The second kappa shape index (κ2) is 39.8. The lowest BCUT2D eigenvalue weighted by Crippen LogP contribution is -2.29. The first-order valence-electron chi connectivity index (χ1n) is 20.5. The van der Waals surface area contributed by atoms with Crippen LogP contribution in [0, 0.1) is 0 Å². The molecule has 0 aromatic carbocycles. The number of esters is 2. The van der Waals surface area contributed by atoms with Crippen LogP contribution in [0.15, 0.2) is 109 Å². The lowest BCUT2D eigenvalue weighted by molar-refractivity contribution is -0.161. The first-order chi connectivity index (χ1) is 27.2. The molecule has 0 saturated heterocycles. The Morgan fingerprint density at radius 2 is 1.18 bits per heavy atom. The van der Waals surface area contributed by atoms with Crippen molar-refractivity contribution in [2.45, 2.75) is 135 Å². The summed E-state index contributed by atoms with van der Waals surface area (Å²) in [5.41, 5.74) is 5.32. The lowest BCUT2D eigenvalue weighted by atomic mass is 10.1. The van der Waals surface area contributed by atoms with Gasteiger partial charge < -0.3 is 25.2 Å². The number of aliphatic hydroxyl groups is 1. The van der Waals surface area contributed by atoms with E-state index in [1.54, 1.807) is 12.2 Å². The predicted octanol–water partition coefficient (Wildman–Crippen LogP) is 10.6. The number of phosphoric ester groups is 1. The predicted molar refractivity (Wildman–Crippen MR) is 230 cm³/mol. The van der Waals surface area contributed by atoms with Gasteiger partial charge in [0.2, 0.25) is 0 Å². The second-order valence-electron chi connectivity index (χ2n) is 13.0. The Kier molecular flexibility index (Phi) is 37.5. The number of hydrogen-bond donors (Lipinski definition) is 3. The number of phosphoric acid groups is 1. The van der Waals surface area contributed by atoms with E-state index in [0.717, 1.165) is 51.4 Å². The van der Waals surface area contributed by atoms with Crippen LogP contribution in [0.2, 0.25) is 0 Å². The number of nitrogens with two attached hydrogens (primary N) is 1. The molecule has 0 fully saturated rings. The van der Waals surface area contributed by atoms with Crippen LogP contribution in [-0.4, -0.2) is 60.5 Å². The van der Waals surface area contributed by atoms with Crippen LogP contribution in [0.5, 0.6) is 0 Å². The molecule has 0 aliphatic heterocycles. The van der Waals surface area contributed by atoms with Gasteiger partial charge in [-0.15, -0.1) is 0 Å². The zero-order valence-electron chi connectivity index (χ0n) is 34.2. The van der Waals surface area contributed by atoms with Gasteiger partial charge in [0, 0.05) is 19.4 Å². The van der Waals surface area contributed by atoms with Gasteiger partial charge in [-0.25, -0.2) is 4.57 Å². The lowest BCUT2D eigenvalue weighted by Gasteiger charge is -2.20. The number of ether oxygens (including phenoxy) is 2. The maximum Gasteiger partial charge on any atom is 0.472 e. The van der Waals surface area contributed by atoms with E-state index in [0.29, 0.717) is 25.7 Å². The molecule has 3 atom stereocenters. The number of aliphatic hydroxyl groups excluding tert-OH is 1. The Labute approximate surface area is 338 Å². The smallest absolute Gasteiger partial charge is 0.462 e. The second-order valence-corrected chi connectivity index (χ2v) is 14.4. The highest BCUT2D eigenvalue weighted by Crippen LogP contribution is 2.43. The molecule has 316 valence electrons. The van der Waals surface area contributed by atoms with Gasteiger partial charge in [0.25, 0.3) is 0 Å². The van der Waals surface area contributed by atoms with E-state index in [4.69, 9.17) is 24.3 Å². The van der Waals surface area contributed by atoms with Crippen molar-refractivity contribution < 1.29 is 42.7 Å². The van der Waals surface area contributed by atoms with Gasteiger partial charge in [-0.3, -0.25) is 18.6 Å². The normalized spacial score (nSPS) is 15.0. The molecule has 0 aromatic rings. The number of allylic oxidation sites excluding steroid dienone is 17. The van der Waals surface area contributed by atoms with Gasteiger partial charge in [-0.2, -0.15) is 0 Å². The topological polar surface area (TPSA) is 155 Å². The maximum absolute atomic E-state index is 12.6. The van der Waals surface area contributed by atoms with Gasteiger partial charge in [0.05, 0.1) is 19.3 Å². The summed E-state index contributed by atoms with van der Waals surface area (Å²) in [5, 5.41) is 10.3. The molecule has 10 nitrogen and oxygen atoms in total. The highest BCUT2D eigenvalue weighted by atomic mass is 31.2. The Morgan fingerprint density at radius 3 is 1.75 bits per heavy atom. The molecule has 4 N–H and O–H groups in total. The standard InChI is InChI=1S/C45H72NO9P/c1-3-5-7-9-11-13-15-17-18-19-20-22-24-26-28-30-32-36-44(48)52-40-43(41-54-56(50,51)53-39-38-46)55-45(49)37-33-35-42(47)34-31-29-27-25-23-21-16-14-12-10-8-6-4-2/h6,8,11-14,17-18,20-23,26-29,31,34,42-43,47H,3-5,7,9-10,15-16,19,24-25,30,32-33,35-41,46H2,1-2H3,(H,50,51)/b8-6-,13-11-,14-12-,18-17-,22-20-,23-21-,28-26-,29-27-,34-31+/t42?,43-/m1/s1. The average molecular weight is 802 g/mol. The molecule has 0 aliphatic carbocycles. The Morgan fingerprint density at radius 1 is 0.643 bits per heavy atom. The minimum atomic E-state index is -4.45.